The van der Waals surface area contributed by atoms with E-state index in [0.29, 0.717) is 18.4 Å². The number of nitrogens with zero attached hydrogens (tertiary/aromatic N) is 4. The molecule has 0 spiro atoms. The SMILES string of the molecule is CC(=O)N(Cc1ncc(C(C)C)o1)[C@@H]1CCN(Cc2ncc[nH]2)C1. The number of H-pyrrole nitrogens is 1. The summed E-state index contributed by atoms with van der Waals surface area (Å²) in [4.78, 5) is 28.0. The monoisotopic (exact) mass is 331 g/mol. The van der Waals surface area contributed by atoms with Gasteiger partial charge in [0.1, 0.15) is 11.6 Å². The van der Waals surface area contributed by atoms with Crippen molar-refractivity contribution < 1.29 is 9.21 Å². The number of rotatable bonds is 6. The van der Waals surface area contributed by atoms with Crippen LogP contribution < -0.4 is 0 Å². The minimum absolute atomic E-state index is 0.0594. The van der Waals surface area contributed by atoms with Gasteiger partial charge in [0.15, 0.2) is 0 Å². The van der Waals surface area contributed by atoms with Gasteiger partial charge in [0.25, 0.3) is 0 Å². The number of imidazole rings is 1. The molecule has 7 heteroatoms. The standard InChI is InChI=1S/C17H25N5O2/c1-12(2)15-8-20-17(24-15)11-22(13(3)23)14-4-7-21(9-14)10-16-18-5-6-19-16/h5-6,8,12,14H,4,7,9-11H2,1-3H3,(H,18,19)/t14-/m1/s1. The summed E-state index contributed by atoms with van der Waals surface area (Å²) in [5.41, 5.74) is 0. The molecule has 7 nitrogen and oxygen atoms in total. The van der Waals surface area contributed by atoms with E-state index in [1.807, 2.05) is 11.1 Å². The average Bonchev–Trinajstić information content (AvgIpc) is 3.26. The van der Waals surface area contributed by atoms with Gasteiger partial charge in [0, 0.05) is 44.4 Å². The quantitative estimate of drug-likeness (QED) is 0.877. The first-order chi connectivity index (χ1) is 11.5. The van der Waals surface area contributed by atoms with Crippen molar-refractivity contribution in [2.75, 3.05) is 13.1 Å². The van der Waals surface area contributed by atoms with Crippen molar-refractivity contribution in [1.82, 2.24) is 24.8 Å². The molecule has 2 aromatic rings. The molecule has 1 atom stereocenters. The van der Waals surface area contributed by atoms with Crippen LogP contribution in [-0.2, 0) is 17.9 Å². The molecule has 1 N–H and O–H groups in total. The highest BCUT2D eigenvalue weighted by Crippen LogP contribution is 2.21. The second-order valence-electron chi connectivity index (χ2n) is 6.67. The lowest BCUT2D eigenvalue weighted by atomic mass is 10.2. The van der Waals surface area contributed by atoms with Crippen LogP contribution >= 0.6 is 0 Å². The minimum Gasteiger partial charge on any atom is -0.444 e. The fourth-order valence-electron chi connectivity index (χ4n) is 3.11. The Morgan fingerprint density at radius 2 is 2.33 bits per heavy atom. The number of carbonyl (C=O) groups is 1. The second kappa shape index (κ2) is 7.17. The summed E-state index contributed by atoms with van der Waals surface area (Å²) in [6.45, 7) is 8.76. The maximum absolute atomic E-state index is 12.1. The number of likely N-dealkylation sites (tertiary alicyclic amines) is 1. The highest BCUT2D eigenvalue weighted by atomic mass is 16.4. The average molecular weight is 331 g/mol. The maximum atomic E-state index is 12.1. The van der Waals surface area contributed by atoms with E-state index < -0.39 is 0 Å². The lowest BCUT2D eigenvalue weighted by molar-refractivity contribution is -0.132. The van der Waals surface area contributed by atoms with Crippen LogP contribution in [0.2, 0.25) is 0 Å². The number of amides is 1. The van der Waals surface area contributed by atoms with E-state index >= 15 is 0 Å². The van der Waals surface area contributed by atoms with Crippen molar-refractivity contribution in [3.63, 3.8) is 0 Å². The molecule has 2 aromatic heterocycles. The van der Waals surface area contributed by atoms with Gasteiger partial charge in [-0.25, -0.2) is 9.97 Å². The molecule has 0 radical (unpaired) electrons. The Labute approximate surface area is 142 Å². The molecule has 24 heavy (non-hydrogen) atoms. The van der Waals surface area contributed by atoms with Crippen LogP contribution in [0.3, 0.4) is 0 Å². The number of nitrogens with one attached hydrogen (secondary N) is 1. The van der Waals surface area contributed by atoms with Crippen LogP contribution in [0.4, 0.5) is 0 Å². The topological polar surface area (TPSA) is 78.3 Å². The van der Waals surface area contributed by atoms with Gasteiger partial charge in [0.05, 0.1) is 19.3 Å². The second-order valence-corrected chi connectivity index (χ2v) is 6.67. The number of aromatic amines is 1. The number of hydrogen-bond acceptors (Lipinski definition) is 5. The smallest absolute Gasteiger partial charge is 0.220 e. The molecule has 1 aliphatic heterocycles. The summed E-state index contributed by atoms with van der Waals surface area (Å²) in [5, 5.41) is 0. The Hall–Kier alpha value is -2.15. The third kappa shape index (κ3) is 3.84. The molecule has 1 fully saturated rings. The van der Waals surface area contributed by atoms with Crippen LogP contribution in [0, 0.1) is 0 Å². The molecule has 130 valence electrons. The van der Waals surface area contributed by atoms with Gasteiger partial charge in [-0.1, -0.05) is 13.8 Å². The highest BCUT2D eigenvalue weighted by molar-refractivity contribution is 5.73. The Kier molecular flexibility index (Phi) is 4.99. The molecule has 0 aromatic carbocycles. The van der Waals surface area contributed by atoms with Crippen molar-refractivity contribution in [1.29, 1.82) is 0 Å². The zero-order valence-corrected chi connectivity index (χ0v) is 14.5. The zero-order chi connectivity index (χ0) is 17.1. The van der Waals surface area contributed by atoms with E-state index in [1.54, 1.807) is 19.3 Å². The highest BCUT2D eigenvalue weighted by Gasteiger charge is 2.30. The molecule has 1 saturated heterocycles. The molecule has 1 aliphatic rings. The van der Waals surface area contributed by atoms with Crippen molar-refractivity contribution in [2.45, 2.75) is 52.2 Å². The molecule has 0 bridgehead atoms. The van der Waals surface area contributed by atoms with Gasteiger partial charge >= 0.3 is 0 Å². The number of hydrogen-bond donors (Lipinski definition) is 1. The zero-order valence-electron chi connectivity index (χ0n) is 14.5. The summed E-state index contributed by atoms with van der Waals surface area (Å²) in [5.74, 6) is 2.79. The maximum Gasteiger partial charge on any atom is 0.220 e. The van der Waals surface area contributed by atoms with Gasteiger partial charge < -0.3 is 14.3 Å². The van der Waals surface area contributed by atoms with Gasteiger partial charge in [-0.05, 0) is 6.42 Å². The summed E-state index contributed by atoms with van der Waals surface area (Å²) in [7, 11) is 0. The fraction of sp³-hybridized carbons (Fsp3) is 0.588. The molecule has 0 aliphatic carbocycles. The van der Waals surface area contributed by atoms with Crippen molar-refractivity contribution in [3.8, 4) is 0 Å². The minimum atomic E-state index is 0.0594. The van der Waals surface area contributed by atoms with Crippen molar-refractivity contribution in [2.24, 2.45) is 0 Å². The van der Waals surface area contributed by atoms with E-state index in [-0.39, 0.29) is 11.9 Å². The predicted molar refractivity (Wildman–Crippen MR) is 89.1 cm³/mol. The Bertz CT molecular complexity index is 664. The molecule has 3 rings (SSSR count). The first-order valence-electron chi connectivity index (χ1n) is 8.45. The first-order valence-corrected chi connectivity index (χ1v) is 8.45. The predicted octanol–water partition coefficient (Wildman–Crippen LogP) is 2.14. The van der Waals surface area contributed by atoms with Crippen LogP contribution in [0.1, 0.15) is 50.6 Å². The van der Waals surface area contributed by atoms with E-state index in [2.05, 4.69) is 33.7 Å². The lowest BCUT2D eigenvalue weighted by Gasteiger charge is -2.26. The number of oxazole rings is 1. The van der Waals surface area contributed by atoms with E-state index in [9.17, 15) is 4.79 Å². The number of carbonyl (C=O) groups excluding carboxylic acids is 1. The summed E-state index contributed by atoms with van der Waals surface area (Å²) < 4.78 is 5.76. The normalized spacial score (nSPS) is 18.4. The Balaban J connectivity index is 1.62. The van der Waals surface area contributed by atoms with Crippen LogP contribution in [0.5, 0.6) is 0 Å². The molecule has 0 saturated carbocycles. The molecular formula is C17H25N5O2. The molecular weight excluding hydrogens is 306 g/mol. The van der Waals surface area contributed by atoms with Gasteiger partial charge in [-0.2, -0.15) is 0 Å². The molecule has 0 unspecified atom stereocenters. The number of aromatic nitrogens is 3. The van der Waals surface area contributed by atoms with Crippen molar-refractivity contribution in [3.05, 3.63) is 36.1 Å². The van der Waals surface area contributed by atoms with Crippen molar-refractivity contribution >= 4 is 5.91 Å². The fourth-order valence-corrected chi connectivity index (χ4v) is 3.11. The van der Waals surface area contributed by atoms with Crippen LogP contribution in [0.15, 0.2) is 23.0 Å². The van der Waals surface area contributed by atoms with E-state index in [4.69, 9.17) is 4.42 Å². The molecule has 1 amide bonds. The summed E-state index contributed by atoms with van der Waals surface area (Å²) >= 11 is 0. The molecule has 3 heterocycles. The summed E-state index contributed by atoms with van der Waals surface area (Å²) in [6.07, 6.45) is 6.31. The van der Waals surface area contributed by atoms with Crippen LogP contribution in [-0.4, -0.2) is 49.8 Å². The van der Waals surface area contributed by atoms with Crippen LogP contribution in [0.25, 0.3) is 0 Å². The van der Waals surface area contributed by atoms with Gasteiger partial charge in [-0.15, -0.1) is 0 Å². The van der Waals surface area contributed by atoms with E-state index in [1.165, 1.54) is 0 Å². The Morgan fingerprint density at radius 1 is 1.50 bits per heavy atom. The largest absolute Gasteiger partial charge is 0.444 e. The third-order valence-corrected chi connectivity index (χ3v) is 4.47. The van der Waals surface area contributed by atoms with E-state index in [0.717, 1.165) is 37.6 Å². The van der Waals surface area contributed by atoms with Gasteiger partial charge in [0.2, 0.25) is 11.8 Å². The Morgan fingerprint density at radius 3 is 2.96 bits per heavy atom. The summed E-state index contributed by atoms with van der Waals surface area (Å²) in [6, 6.07) is 0.187. The third-order valence-electron chi connectivity index (χ3n) is 4.47. The first kappa shape index (κ1) is 16.7. The van der Waals surface area contributed by atoms with Gasteiger partial charge in [-0.3, -0.25) is 9.69 Å². The lowest BCUT2D eigenvalue weighted by Crippen LogP contribution is -2.40.